The minimum atomic E-state index is -0.761. The summed E-state index contributed by atoms with van der Waals surface area (Å²) in [5.41, 5.74) is 0. The first kappa shape index (κ1) is 14.5. The zero-order valence-electron chi connectivity index (χ0n) is 10.1. The maximum absolute atomic E-state index is 10.5. The van der Waals surface area contributed by atoms with Crippen molar-refractivity contribution in [1.82, 2.24) is 5.32 Å². The molecule has 0 aliphatic heterocycles. The van der Waals surface area contributed by atoms with E-state index >= 15 is 0 Å². The van der Waals surface area contributed by atoms with Crippen molar-refractivity contribution in [3.05, 3.63) is 21.9 Å². The van der Waals surface area contributed by atoms with Crippen LogP contribution in [0.5, 0.6) is 0 Å². The van der Waals surface area contributed by atoms with Crippen molar-refractivity contribution in [3.63, 3.8) is 0 Å². The van der Waals surface area contributed by atoms with Gasteiger partial charge in [-0.05, 0) is 43.5 Å². The Kier molecular flexibility index (Phi) is 7.32. The predicted molar refractivity (Wildman–Crippen MR) is 75.0 cm³/mol. The molecule has 1 aromatic heterocycles. The quantitative estimate of drug-likeness (QED) is 0.679. The van der Waals surface area contributed by atoms with Gasteiger partial charge in [0.25, 0.3) is 0 Å². The first-order valence-electron chi connectivity index (χ1n) is 5.71. The van der Waals surface area contributed by atoms with Crippen molar-refractivity contribution < 1.29 is 9.90 Å². The molecule has 0 aromatic carbocycles. The zero-order valence-corrected chi connectivity index (χ0v) is 11.7. The molecule has 1 heterocycles. The molecule has 0 saturated carbocycles. The van der Waals surface area contributed by atoms with Gasteiger partial charge in [-0.25, -0.2) is 0 Å². The third-order valence-corrected chi connectivity index (χ3v) is 4.08. The number of carboxylic acids is 1. The van der Waals surface area contributed by atoms with Crippen LogP contribution in [0.25, 0.3) is 0 Å². The molecule has 0 aliphatic rings. The topological polar surface area (TPSA) is 49.3 Å². The molecule has 0 saturated heterocycles. The van der Waals surface area contributed by atoms with Crippen molar-refractivity contribution in [3.8, 4) is 0 Å². The summed E-state index contributed by atoms with van der Waals surface area (Å²) >= 11 is 3.47. The Balaban J connectivity index is 2.14. The molecule has 1 rings (SSSR count). The first-order chi connectivity index (χ1) is 8.22. The number of thioether (sulfide) groups is 1. The second-order valence-corrected chi connectivity index (χ2v) is 6.05. The molecule has 0 bridgehead atoms. The summed E-state index contributed by atoms with van der Waals surface area (Å²) in [5.74, 6) is 0.465. The van der Waals surface area contributed by atoms with E-state index in [1.807, 2.05) is 23.9 Å². The van der Waals surface area contributed by atoms with E-state index in [9.17, 15) is 4.79 Å². The summed E-state index contributed by atoms with van der Waals surface area (Å²) in [6.07, 6.45) is 4.72. The maximum atomic E-state index is 10.5. The molecule has 0 atom stereocenters. The monoisotopic (exact) mass is 273 g/mol. The molecule has 0 spiro atoms. The van der Waals surface area contributed by atoms with Crippen LogP contribution in [0.4, 0.5) is 0 Å². The Morgan fingerprint density at radius 1 is 1.41 bits per heavy atom. The van der Waals surface area contributed by atoms with Crippen LogP contribution in [0.15, 0.2) is 12.1 Å². The van der Waals surface area contributed by atoms with E-state index in [1.54, 1.807) is 11.3 Å². The van der Waals surface area contributed by atoms with E-state index in [2.05, 4.69) is 11.6 Å². The van der Waals surface area contributed by atoms with Crippen molar-refractivity contribution >= 4 is 29.1 Å². The highest BCUT2D eigenvalue weighted by molar-refractivity contribution is 7.98. The molecule has 0 unspecified atom stereocenters. The van der Waals surface area contributed by atoms with Gasteiger partial charge in [0.05, 0.1) is 6.42 Å². The lowest BCUT2D eigenvalue weighted by molar-refractivity contribution is -0.136. The summed E-state index contributed by atoms with van der Waals surface area (Å²) in [6, 6.07) is 3.92. The molecule has 5 heteroatoms. The first-order valence-corrected chi connectivity index (χ1v) is 7.92. The second kappa shape index (κ2) is 8.55. The number of hydrogen-bond donors (Lipinski definition) is 2. The third-order valence-electron chi connectivity index (χ3n) is 2.29. The maximum Gasteiger partial charge on any atom is 0.308 e. The van der Waals surface area contributed by atoms with Gasteiger partial charge in [-0.15, -0.1) is 11.3 Å². The number of nitrogens with one attached hydrogen (secondary N) is 1. The number of carbonyl (C=O) groups is 1. The van der Waals surface area contributed by atoms with E-state index in [0.717, 1.165) is 18.0 Å². The highest BCUT2D eigenvalue weighted by Gasteiger charge is 2.04. The van der Waals surface area contributed by atoms with Crippen molar-refractivity contribution in [2.75, 3.05) is 18.6 Å². The normalized spacial score (nSPS) is 10.6. The van der Waals surface area contributed by atoms with Gasteiger partial charge in [-0.2, -0.15) is 11.8 Å². The Hall–Kier alpha value is -0.520. The molecular formula is C12H19NO2S2. The number of aliphatic carboxylic acids is 1. The average molecular weight is 273 g/mol. The van der Waals surface area contributed by atoms with Crippen molar-refractivity contribution in [1.29, 1.82) is 0 Å². The van der Waals surface area contributed by atoms with Crippen LogP contribution in [0, 0.1) is 0 Å². The van der Waals surface area contributed by atoms with Crippen LogP contribution in [-0.4, -0.2) is 29.6 Å². The number of carboxylic acid groups (broad SMARTS) is 1. The fraction of sp³-hybridized carbons (Fsp3) is 0.583. The van der Waals surface area contributed by atoms with Gasteiger partial charge >= 0.3 is 5.97 Å². The smallest absolute Gasteiger partial charge is 0.308 e. The van der Waals surface area contributed by atoms with Gasteiger partial charge in [0, 0.05) is 16.3 Å². The van der Waals surface area contributed by atoms with Crippen LogP contribution >= 0.6 is 23.1 Å². The van der Waals surface area contributed by atoms with Gasteiger partial charge in [-0.1, -0.05) is 0 Å². The molecule has 2 N–H and O–H groups in total. The summed E-state index contributed by atoms with van der Waals surface area (Å²) in [5, 5.41) is 12.0. The lowest BCUT2D eigenvalue weighted by atomic mass is 10.3. The Bertz CT molecular complexity index is 339. The number of rotatable bonds is 9. The predicted octanol–water partition coefficient (Wildman–Crippen LogP) is 2.61. The largest absolute Gasteiger partial charge is 0.481 e. The van der Waals surface area contributed by atoms with Crippen LogP contribution < -0.4 is 5.32 Å². The minimum absolute atomic E-state index is 0.137. The Morgan fingerprint density at radius 3 is 2.88 bits per heavy atom. The average Bonchev–Trinajstić information content (AvgIpc) is 2.70. The van der Waals surface area contributed by atoms with Crippen LogP contribution in [0.1, 0.15) is 22.6 Å². The SMILES string of the molecule is CSCCCCNCc1ccc(CC(=O)O)s1. The van der Waals surface area contributed by atoms with Crippen molar-refractivity contribution in [2.24, 2.45) is 0 Å². The summed E-state index contributed by atoms with van der Waals surface area (Å²) in [6.45, 7) is 1.89. The summed E-state index contributed by atoms with van der Waals surface area (Å²) in [7, 11) is 0. The molecule has 1 aromatic rings. The molecule has 3 nitrogen and oxygen atoms in total. The highest BCUT2D eigenvalue weighted by Crippen LogP contribution is 2.16. The van der Waals surface area contributed by atoms with Crippen LogP contribution in [-0.2, 0) is 17.8 Å². The van der Waals surface area contributed by atoms with E-state index in [1.165, 1.54) is 23.5 Å². The van der Waals surface area contributed by atoms with Gasteiger partial charge in [-0.3, -0.25) is 4.79 Å². The lowest BCUT2D eigenvalue weighted by Gasteiger charge is -2.02. The fourth-order valence-electron chi connectivity index (χ4n) is 1.47. The molecular weight excluding hydrogens is 254 g/mol. The standard InChI is InChI=1S/C12H19NO2S2/c1-16-7-3-2-6-13-9-11-5-4-10(17-11)8-12(14)15/h4-5,13H,2-3,6-9H2,1H3,(H,14,15). The molecule has 17 heavy (non-hydrogen) atoms. The van der Waals surface area contributed by atoms with Crippen molar-refractivity contribution in [2.45, 2.75) is 25.8 Å². The van der Waals surface area contributed by atoms with E-state index < -0.39 is 5.97 Å². The van der Waals surface area contributed by atoms with Crippen LogP contribution in [0.2, 0.25) is 0 Å². The van der Waals surface area contributed by atoms with Gasteiger partial charge in [0.15, 0.2) is 0 Å². The second-order valence-electron chi connectivity index (χ2n) is 3.82. The summed E-state index contributed by atoms with van der Waals surface area (Å²) in [4.78, 5) is 12.7. The summed E-state index contributed by atoms with van der Waals surface area (Å²) < 4.78 is 0. The third kappa shape index (κ3) is 6.71. The van der Waals surface area contributed by atoms with E-state index in [-0.39, 0.29) is 6.42 Å². The molecule has 0 amide bonds. The number of hydrogen-bond acceptors (Lipinski definition) is 4. The molecule has 96 valence electrons. The van der Waals surface area contributed by atoms with E-state index in [4.69, 9.17) is 5.11 Å². The molecule has 0 aliphatic carbocycles. The highest BCUT2D eigenvalue weighted by atomic mass is 32.2. The van der Waals surface area contributed by atoms with Crippen LogP contribution in [0.3, 0.4) is 0 Å². The fourth-order valence-corrected chi connectivity index (χ4v) is 2.94. The molecule has 0 fully saturated rings. The van der Waals surface area contributed by atoms with E-state index in [0.29, 0.717) is 0 Å². The minimum Gasteiger partial charge on any atom is -0.481 e. The number of thiophene rings is 1. The molecule has 0 radical (unpaired) electrons. The van der Waals surface area contributed by atoms with Gasteiger partial charge in [0.2, 0.25) is 0 Å². The number of unbranched alkanes of at least 4 members (excludes halogenated alkanes) is 1. The van der Waals surface area contributed by atoms with Gasteiger partial charge < -0.3 is 10.4 Å². The Morgan fingerprint density at radius 2 is 2.18 bits per heavy atom. The Labute approximate surface area is 111 Å². The van der Waals surface area contributed by atoms with Gasteiger partial charge in [0.1, 0.15) is 0 Å². The zero-order chi connectivity index (χ0) is 12.5. The lowest BCUT2D eigenvalue weighted by Crippen LogP contribution is -2.13.